The highest BCUT2D eigenvalue weighted by atomic mass is 16.5. The number of furan rings is 1. The fraction of sp³-hybridized carbons (Fsp3) is 0.222. The van der Waals surface area contributed by atoms with Crippen molar-refractivity contribution in [1.82, 2.24) is 20.2 Å². The number of nitrogens with one attached hydrogen (secondary N) is 2. The summed E-state index contributed by atoms with van der Waals surface area (Å²) in [4.78, 5) is 16.7. The number of ether oxygens (including phenoxy) is 1. The lowest BCUT2D eigenvalue weighted by atomic mass is 10.1. The van der Waals surface area contributed by atoms with E-state index in [1.165, 1.54) is 0 Å². The number of urea groups is 1. The van der Waals surface area contributed by atoms with Gasteiger partial charge in [0.15, 0.2) is 0 Å². The summed E-state index contributed by atoms with van der Waals surface area (Å²) >= 11 is 0. The number of aromatic nitrogens is 2. The minimum Gasteiger partial charge on any atom is -0.497 e. The number of imidazole rings is 1. The summed E-state index contributed by atoms with van der Waals surface area (Å²) in [6, 6.07) is 10.4. The lowest BCUT2D eigenvalue weighted by Gasteiger charge is -2.20. The van der Waals surface area contributed by atoms with E-state index in [4.69, 9.17) is 9.15 Å². The molecule has 3 aromatic rings. The van der Waals surface area contributed by atoms with Crippen LogP contribution in [0.3, 0.4) is 0 Å². The average Bonchev–Trinajstić information content (AvgIpc) is 3.29. The van der Waals surface area contributed by atoms with E-state index in [1.807, 2.05) is 42.1 Å². The number of aryl methyl sites for hydroxylation is 1. The summed E-state index contributed by atoms with van der Waals surface area (Å²) in [5.41, 5.74) is 0.877. The zero-order valence-corrected chi connectivity index (χ0v) is 14.1. The van der Waals surface area contributed by atoms with E-state index >= 15 is 0 Å². The third kappa shape index (κ3) is 4.00. The van der Waals surface area contributed by atoms with Gasteiger partial charge in [-0.25, -0.2) is 9.78 Å². The predicted octanol–water partition coefficient (Wildman–Crippen LogP) is 2.61. The van der Waals surface area contributed by atoms with Crippen LogP contribution in [0.1, 0.15) is 23.2 Å². The molecule has 1 unspecified atom stereocenters. The lowest BCUT2D eigenvalue weighted by Crippen LogP contribution is -2.38. The third-order valence-corrected chi connectivity index (χ3v) is 3.82. The van der Waals surface area contributed by atoms with Crippen molar-refractivity contribution in [2.75, 3.05) is 7.11 Å². The summed E-state index contributed by atoms with van der Waals surface area (Å²) in [6.07, 6.45) is 5.11. The van der Waals surface area contributed by atoms with E-state index in [9.17, 15) is 4.79 Å². The SMILES string of the molecule is COc1cccc(C(NC(=O)NCc2ccco2)c2nccn2C)c1. The number of methoxy groups -OCH3 is 1. The molecule has 2 aromatic heterocycles. The molecule has 0 radical (unpaired) electrons. The van der Waals surface area contributed by atoms with Gasteiger partial charge >= 0.3 is 6.03 Å². The van der Waals surface area contributed by atoms with Crippen LogP contribution in [0.5, 0.6) is 5.75 Å². The average molecular weight is 340 g/mol. The molecule has 1 aromatic carbocycles. The van der Waals surface area contributed by atoms with Gasteiger partial charge < -0.3 is 24.4 Å². The summed E-state index contributed by atoms with van der Waals surface area (Å²) in [7, 11) is 3.50. The Kier molecular flexibility index (Phi) is 5.03. The number of amides is 2. The molecule has 3 rings (SSSR count). The number of benzene rings is 1. The molecule has 7 nitrogen and oxygen atoms in total. The summed E-state index contributed by atoms with van der Waals surface area (Å²) in [6.45, 7) is 0.310. The molecule has 25 heavy (non-hydrogen) atoms. The van der Waals surface area contributed by atoms with E-state index < -0.39 is 6.04 Å². The van der Waals surface area contributed by atoms with Gasteiger partial charge in [-0.1, -0.05) is 12.1 Å². The Morgan fingerprint density at radius 3 is 2.92 bits per heavy atom. The van der Waals surface area contributed by atoms with Crippen molar-refractivity contribution in [1.29, 1.82) is 0 Å². The fourth-order valence-corrected chi connectivity index (χ4v) is 2.54. The van der Waals surface area contributed by atoms with Crippen LogP contribution in [0, 0.1) is 0 Å². The molecule has 130 valence electrons. The fourth-order valence-electron chi connectivity index (χ4n) is 2.54. The van der Waals surface area contributed by atoms with Gasteiger partial charge in [0.05, 0.1) is 19.9 Å². The number of hydrogen-bond acceptors (Lipinski definition) is 4. The maximum atomic E-state index is 12.4. The van der Waals surface area contributed by atoms with Gasteiger partial charge in [0, 0.05) is 19.4 Å². The minimum absolute atomic E-state index is 0.310. The molecule has 2 N–H and O–H groups in total. The molecule has 0 spiro atoms. The van der Waals surface area contributed by atoms with Crippen LogP contribution in [0.25, 0.3) is 0 Å². The predicted molar refractivity (Wildman–Crippen MR) is 92.1 cm³/mol. The molecule has 7 heteroatoms. The molecular weight excluding hydrogens is 320 g/mol. The van der Waals surface area contributed by atoms with Gasteiger partial charge in [-0.05, 0) is 29.8 Å². The molecule has 0 saturated carbocycles. The van der Waals surface area contributed by atoms with Crippen LogP contribution in [-0.2, 0) is 13.6 Å². The van der Waals surface area contributed by atoms with E-state index in [0.717, 1.165) is 17.1 Å². The smallest absolute Gasteiger partial charge is 0.316 e. The Bertz CT molecular complexity index is 826. The molecule has 0 aliphatic carbocycles. The number of rotatable bonds is 6. The Labute approximate surface area is 145 Å². The molecular formula is C18H20N4O3. The molecule has 0 aliphatic heterocycles. The van der Waals surface area contributed by atoms with Crippen LogP contribution in [0.4, 0.5) is 4.79 Å². The third-order valence-electron chi connectivity index (χ3n) is 3.82. The zero-order valence-electron chi connectivity index (χ0n) is 14.1. The van der Waals surface area contributed by atoms with E-state index in [0.29, 0.717) is 12.3 Å². The van der Waals surface area contributed by atoms with Gasteiger partial charge in [0.2, 0.25) is 0 Å². The Morgan fingerprint density at radius 2 is 2.24 bits per heavy atom. The van der Waals surface area contributed by atoms with Crippen LogP contribution < -0.4 is 15.4 Å². The molecule has 0 saturated heterocycles. The van der Waals surface area contributed by atoms with Gasteiger partial charge in [0.1, 0.15) is 23.4 Å². The van der Waals surface area contributed by atoms with Crippen LogP contribution in [0.2, 0.25) is 0 Å². The summed E-state index contributed by atoms with van der Waals surface area (Å²) in [5, 5.41) is 5.74. The Hall–Kier alpha value is -3.22. The minimum atomic E-state index is -0.410. The first-order chi connectivity index (χ1) is 12.2. The monoisotopic (exact) mass is 340 g/mol. The molecule has 0 bridgehead atoms. The first-order valence-corrected chi connectivity index (χ1v) is 7.85. The zero-order chi connectivity index (χ0) is 17.6. The van der Waals surface area contributed by atoms with Gasteiger partial charge in [-0.2, -0.15) is 0 Å². The highest BCUT2D eigenvalue weighted by Gasteiger charge is 2.21. The van der Waals surface area contributed by atoms with Gasteiger partial charge in [-0.3, -0.25) is 0 Å². The lowest BCUT2D eigenvalue weighted by molar-refractivity contribution is 0.236. The Morgan fingerprint density at radius 1 is 1.36 bits per heavy atom. The van der Waals surface area contributed by atoms with E-state index in [-0.39, 0.29) is 6.03 Å². The van der Waals surface area contributed by atoms with E-state index in [1.54, 1.807) is 31.7 Å². The topological polar surface area (TPSA) is 81.3 Å². The molecule has 2 heterocycles. The largest absolute Gasteiger partial charge is 0.497 e. The van der Waals surface area contributed by atoms with Crippen molar-refractivity contribution in [3.63, 3.8) is 0 Å². The summed E-state index contributed by atoms with van der Waals surface area (Å²) in [5.74, 6) is 2.13. The number of carbonyl (C=O) groups excluding carboxylic acids is 1. The van der Waals surface area contributed by atoms with Crippen molar-refractivity contribution < 1.29 is 13.9 Å². The standard InChI is InChI=1S/C18H20N4O3/c1-22-9-8-19-17(22)16(13-5-3-6-14(11-13)24-2)21-18(23)20-12-15-7-4-10-25-15/h3-11,16H,12H2,1-2H3,(H2,20,21,23). The van der Waals surface area contributed by atoms with Crippen LogP contribution in [0.15, 0.2) is 59.5 Å². The van der Waals surface area contributed by atoms with Gasteiger partial charge in [-0.15, -0.1) is 0 Å². The highest BCUT2D eigenvalue weighted by Crippen LogP contribution is 2.24. The molecule has 1 atom stereocenters. The summed E-state index contributed by atoms with van der Waals surface area (Å²) < 4.78 is 12.4. The second-order valence-electron chi connectivity index (χ2n) is 5.51. The molecule has 0 fully saturated rings. The number of carbonyl (C=O) groups is 1. The second-order valence-corrected chi connectivity index (χ2v) is 5.51. The number of nitrogens with zero attached hydrogens (tertiary/aromatic N) is 2. The van der Waals surface area contributed by atoms with Gasteiger partial charge in [0.25, 0.3) is 0 Å². The highest BCUT2D eigenvalue weighted by molar-refractivity contribution is 5.74. The first kappa shape index (κ1) is 16.6. The second kappa shape index (κ2) is 7.57. The normalized spacial score (nSPS) is 11.8. The van der Waals surface area contributed by atoms with Crippen molar-refractivity contribution in [3.05, 3.63) is 72.2 Å². The Balaban J connectivity index is 1.79. The van der Waals surface area contributed by atoms with E-state index in [2.05, 4.69) is 15.6 Å². The maximum absolute atomic E-state index is 12.4. The van der Waals surface area contributed by atoms with Crippen LogP contribution >= 0.6 is 0 Å². The quantitative estimate of drug-likeness (QED) is 0.723. The van der Waals surface area contributed by atoms with Crippen molar-refractivity contribution >= 4 is 6.03 Å². The molecule has 2 amide bonds. The van der Waals surface area contributed by atoms with Crippen molar-refractivity contribution in [3.8, 4) is 5.75 Å². The van der Waals surface area contributed by atoms with Crippen molar-refractivity contribution in [2.45, 2.75) is 12.6 Å². The maximum Gasteiger partial charge on any atom is 0.316 e. The number of hydrogen-bond donors (Lipinski definition) is 2. The molecule has 0 aliphatic rings. The first-order valence-electron chi connectivity index (χ1n) is 7.85. The van der Waals surface area contributed by atoms with Crippen molar-refractivity contribution in [2.24, 2.45) is 7.05 Å². The van der Waals surface area contributed by atoms with Crippen LogP contribution in [-0.4, -0.2) is 22.7 Å².